The number of aliphatic hydroxyl groups excluding tert-OH is 1. The van der Waals surface area contributed by atoms with Crippen molar-refractivity contribution >= 4 is 17.2 Å². The number of hydrogen-bond acceptors (Lipinski definition) is 3. The third-order valence-electron chi connectivity index (χ3n) is 3.91. The summed E-state index contributed by atoms with van der Waals surface area (Å²) in [7, 11) is 0. The second kappa shape index (κ2) is 6.66. The molecule has 1 saturated carbocycles. The van der Waals surface area contributed by atoms with Crippen molar-refractivity contribution in [3.05, 3.63) is 35.4 Å². The van der Waals surface area contributed by atoms with E-state index in [9.17, 15) is 5.11 Å². The minimum absolute atomic E-state index is 0.392. The average molecular weight is 292 g/mol. The molecule has 1 aliphatic rings. The van der Waals surface area contributed by atoms with Crippen molar-refractivity contribution in [1.29, 1.82) is 0 Å². The van der Waals surface area contributed by atoms with Crippen LogP contribution in [0.4, 0.5) is 0 Å². The highest BCUT2D eigenvalue weighted by molar-refractivity contribution is 7.80. The minimum atomic E-state index is -0.462. The van der Waals surface area contributed by atoms with E-state index in [4.69, 9.17) is 18.0 Å². The van der Waals surface area contributed by atoms with Crippen molar-refractivity contribution < 1.29 is 5.11 Å². The first-order valence-corrected chi connectivity index (χ1v) is 7.70. The summed E-state index contributed by atoms with van der Waals surface area (Å²) in [6.07, 6.45) is 2.21. The monoisotopic (exact) mass is 292 g/mol. The fourth-order valence-corrected chi connectivity index (χ4v) is 2.46. The Labute approximate surface area is 126 Å². The molecule has 1 aromatic rings. The van der Waals surface area contributed by atoms with Gasteiger partial charge in [0.15, 0.2) is 0 Å². The molecule has 0 heterocycles. The Balaban J connectivity index is 1.97. The molecule has 0 spiro atoms. The quantitative estimate of drug-likeness (QED) is 0.758. The predicted molar refractivity (Wildman–Crippen MR) is 86.7 cm³/mol. The van der Waals surface area contributed by atoms with Gasteiger partial charge in [-0.3, -0.25) is 4.90 Å². The van der Waals surface area contributed by atoms with Crippen LogP contribution in [0.25, 0.3) is 0 Å². The van der Waals surface area contributed by atoms with Gasteiger partial charge in [-0.15, -0.1) is 0 Å². The van der Waals surface area contributed by atoms with E-state index < -0.39 is 6.10 Å². The van der Waals surface area contributed by atoms with Gasteiger partial charge in [0.05, 0.1) is 6.10 Å². The van der Waals surface area contributed by atoms with Crippen molar-refractivity contribution in [2.75, 3.05) is 13.1 Å². The van der Waals surface area contributed by atoms with Gasteiger partial charge in [0.2, 0.25) is 0 Å². The Morgan fingerprint density at radius 3 is 2.40 bits per heavy atom. The normalized spacial score (nSPS) is 16.6. The van der Waals surface area contributed by atoms with Crippen LogP contribution in [0.15, 0.2) is 24.3 Å². The van der Waals surface area contributed by atoms with Gasteiger partial charge in [0.1, 0.15) is 4.99 Å². The maximum Gasteiger partial charge on any atom is 0.103 e. The van der Waals surface area contributed by atoms with Gasteiger partial charge in [0, 0.05) is 24.7 Å². The van der Waals surface area contributed by atoms with Gasteiger partial charge in [-0.25, -0.2) is 0 Å². The molecule has 20 heavy (non-hydrogen) atoms. The van der Waals surface area contributed by atoms with Crippen LogP contribution in [0.2, 0.25) is 0 Å². The molecule has 0 aliphatic heterocycles. The largest absolute Gasteiger partial charge is 0.389 e. The van der Waals surface area contributed by atoms with E-state index in [1.165, 1.54) is 12.8 Å². The molecule has 1 fully saturated rings. The molecule has 0 amide bonds. The molecule has 0 saturated heterocycles. The van der Waals surface area contributed by atoms with E-state index in [1.54, 1.807) is 0 Å². The van der Waals surface area contributed by atoms with E-state index in [0.717, 1.165) is 23.6 Å². The van der Waals surface area contributed by atoms with Crippen LogP contribution in [0.1, 0.15) is 43.9 Å². The van der Waals surface area contributed by atoms with Crippen LogP contribution < -0.4 is 5.73 Å². The summed E-state index contributed by atoms with van der Waals surface area (Å²) in [5, 5.41) is 10.4. The van der Waals surface area contributed by atoms with Gasteiger partial charge in [-0.1, -0.05) is 36.5 Å². The highest BCUT2D eigenvalue weighted by Gasteiger charge is 2.26. The highest BCUT2D eigenvalue weighted by atomic mass is 32.1. The van der Waals surface area contributed by atoms with Crippen LogP contribution in [0, 0.1) is 5.92 Å². The molecule has 4 heteroatoms. The molecular weight excluding hydrogens is 268 g/mol. The molecule has 1 aromatic carbocycles. The second-order valence-corrected chi connectivity index (χ2v) is 6.43. The van der Waals surface area contributed by atoms with Crippen molar-refractivity contribution in [3.63, 3.8) is 0 Å². The number of thiocarbonyl (C=S) groups is 1. The molecule has 3 nitrogen and oxygen atoms in total. The van der Waals surface area contributed by atoms with E-state index in [0.29, 0.717) is 17.6 Å². The number of rotatable bonds is 7. The van der Waals surface area contributed by atoms with Crippen molar-refractivity contribution in [2.24, 2.45) is 11.7 Å². The molecule has 1 atom stereocenters. The zero-order chi connectivity index (χ0) is 14.7. The van der Waals surface area contributed by atoms with Crippen LogP contribution in [-0.2, 0) is 0 Å². The molecule has 1 aliphatic carbocycles. The number of nitrogens with two attached hydrogens (primary N) is 1. The summed E-state index contributed by atoms with van der Waals surface area (Å²) in [5.41, 5.74) is 7.35. The lowest BCUT2D eigenvalue weighted by atomic mass is 10.1. The Morgan fingerprint density at radius 2 is 1.95 bits per heavy atom. The first-order valence-electron chi connectivity index (χ1n) is 7.29. The van der Waals surface area contributed by atoms with Gasteiger partial charge in [-0.05, 0) is 38.2 Å². The standard InChI is InChI=1S/C16H24N2OS/c1-11(2)18(9-12-3-4-12)10-15(19)13-5-7-14(8-6-13)16(17)20/h5-8,11-12,15,19H,3-4,9-10H2,1-2H3,(H2,17,20). The third kappa shape index (κ3) is 4.27. The lowest BCUT2D eigenvalue weighted by Crippen LogP contribution is -2.36. The smallest absolute Gasteiger partial charge is 0.103 e. The lowest BCUT2D eigenvalue weighted by molar-refractivity contribution is 0.0923. The number of aliphatic hydroxyl groups is 1. The Bertz CT molecular complexity index is 454. The van der Waals surface area contributed by atoms with Gasteiger partial charge in [0.25, 0.3) is 0 Å². The minimum Gasteiger partial charge on any atom is -0.389 e. The van der Waals surface area contributed by atoms with E-state index in [2.05, 4.69) is 18.7 Å². The fraction of sp³-hybridized carbons (Fsp3) is 0.562. The molecule has 0 bridgehead atoms. The topological polar surface area (TPSA) is 49.5 Å². The summed E-state index contributed by atoms with van der Waals surface area (Å²) >= 11 is 4.94. The predicted octanol–water partition coefficient (Wildman–Crippen LogP) is 2.47. The maximum absolute atomic E-state index is 10.4. The molecule has 2 rings (SSSR count). The summed E-state index contributed by atoms with van der Waals surface area (Å²) < 4.78 is 0. The van der Waals surface area contributed by atoms with Gasteiger partial charge >= 0.3 is 0 Å². The van der Waals surface area contributed by atoms with E-state index in [-0.39, 0.29) is 0 Å². The highest BCUT2D eigenvalue weighted by Crippen LogP contribution is 2.31. The van der Waals surface area contributed by atoms with Crippen LogP contribution >= 0.6 is 12.2 Å². The van der Waals surface area contributed by atoms with Gasteiger partial charge < -0.3 is 10.8 Å². The van der Waals surface area contributed by atoms with Crippen molar-refractivity contribution in [3.8, 4) is 0 Å². The fourth-order valence-electron chi connectivity index (χ4n) is 2.33. The zero-order valence-corrected chi connectivity index (χ0v) is 13.1. The number of nitrogens with zero attached hydrogens (tertiary/aromatic N) is 1. The Kier molecular flexibility index (Phi) is 5.13. The van der Waals surface area contributed by atoms with Crippen LogP contribution in [0.5, 0.6) is 0 Å². The SMILES string of the molecule is CC(C)N(CC1CC1)CC(O)c1ccc(C(N)=S)cc1. The molecule has 0 radical (unpaired) electrons. The lowest BCUT2D eigenvalue weighted by Gasteiger charge is -2.29. The molecular formula is C16H24N2OS. The van der Waals surface area contributed by atoms with Crippen molar-refractivity contribution in [1.82, 2.24) is 4.90 Å². The summed E-state index contributed by atoms with van der Waals surface area (Å²) in [6.45, 7) is 6.15. The number of hydrogen-bond donors (Lipinski definition) is 2. The Morgan fingerprint density at radius 1 is 1.35 bits per heavy atom. The molecule has 3 N–H and O–H groups in total. The zero-order valence-electron chi connectivity index (χ0n) is 12.2. The molecule has 110 valence electrons. The maximum atomic E-state index is 10.4. The first-order chi connectivity index (χ1) is 9.47. The van der Waals surface area contributed by atoms with Crippen molar-refractivity contribution in [2.45, 2.75) is 38.8 Å². The summed E-state index contributed by atoms with van der Waals surface area (Å²) in [4.78, 5) is 2.76. The summed E-state index contributed by atoms with van der Waals surface area (Å²) in [6, 6.07) is 8.04. The van der Waals surface area contributed by atoms with Crippen LogP contribution in [-0.4, -0.2) is 34.1 Å². The average Bonchev–Trinajstić information content (AvgIpc) is 3.21. The van der Waals surface area contributed by atoms with E-state index >= 15 is 0 Å². The molecule has 1 unspecified atom stereocenters. The van der Waals surface area contributed by atoms with Gasteiger partial charge in [-0.2, -0.15) is 0 Å². The Hall–Kier alpha value is -0.970. The summed E-state index contributed by atoms with van der Waals surface area (Å²) in [5.74, 6) is 0.835. The van der Waals surface area contributed by atoms with Crippen LogP contribution in [0.3, 0.4) is 0 Å². The van der Waals surface area contributed by atoms with E-state index in [1.807, 2.05) is 24.3 Å². The third-order valence-corrected chi connectivity index (χ3v) is 4.14. The number of benzene rings is 1. The second-order valence-electron chi connectivity index (χ2n) is 5.99. The molecule has 0 aromatic heterocycles. The first kappa shape index (κ1) is 15.4.